The third kappa shape index (κ3) is 3.23. The molecule has 3 aromatic rings. The molecule has 0 atom stereocenters. The number of aryl methyl sites for hydroxylation is 1. The van der Waals surface area contributed by atoms with Crippen molar-refractivity contribution in [3.05, 3.63) is 63.8 Å². The number of furan rings is 1. The first-order chi connectivity index (χ1) is 12.6. The van der Waals surface area contributed by atoms with Crippen molar-refractivity contribution in [3.8, 4) is 0 Å². The van der Waals surface area contributed by atoms with Gasteiger partial charge >= 0.3 is 0 Å². The number of carbonyl (C=O) groups excluding carboxylic acids is 1. The summed E-state index contributed by atoms with van der Waals surface area (Å²) in [6, 6.07) is 14.1. The smallest absolute Gasteiger partial charge is 0.287 e. The molecule has 0 radical (unpaired) electrons. The van der Waals surface area contributed by atoms with Gasteiger partial charge in [-0.1, -0.05) is 34.1 Å². The molecule has 26 heavy (non-hydrogen) atoms. The molecule has 0 aliphatic carbocycles. The summed E-state index contributed by atoms with van der Waals surface area (Å²) in [7, 11) is 0. The van der Waals surface area contributed by atoms with Gasteiger partial charge in [0.05, 0.1) is 0 Å². The van der Waals surface area contributed by atoms with E-state index in [4.69, 9.17) is 4.42 Å². The maximum Gasteiger partial charge on any atom is 0.287 e. The van der Waals surface area contributed by atoms with Gasteiger partial charge in [0.25, 0.3) is 5.91 Å². The third-order valence-electron chi connectivity index (χ3n) is 4.98. The predicted octanol–water partition coefficient (Wildman–Crippen LogP) is 5.03. The van der Waals surface area contributed by atoms with Crippen molar-refractivity contribution in [2.75, 3.05) is 18.0 Å². The molecule has 0 spiro atoms. The fraction of sp³-hybridized carbons (Fsp3) is 0.286. The second kappa shape index (κ2) is 7.16. The van der Waals surface area contributed by atoms with Crippen molar-refractivity contribution in [3.63, 3.8) is 0 Å². The Balaban J connectivity index is 1.54. The number of para-hydroxylation sites is 1. The number of nitrogens with zero attached hydrogens (tertiary/aromatic N) is 1. The average molecular weight is 413 g/mol. The molecule has 2 heterocycles. The van der Waals surface area contributed by atoms with Crippen molar-refractivity contribution >= 4 is 38.5 Å². The first kappa shape index (κ1) is 17.2. The van der Waals surface area contributed by atoms with Gasteiger partial charge in [-0.3, -0.25) is 4.79 Å². The van der Waals surface area contributed by atoms with E-state index in [1.54, 1.807) is 0 Å². The Morgan fingerprint density at radius 2 is 1.96 bits per heavy atom. The lowest BCUT2D eigenvalue weighted by molar-refractivity contribution is 0.0924. The number of fused-ring (bicyclic) bond motifs is 1. The highest BCUT2D eigenvalue weighted by molar-refractivity contribution is 9.10. The van der Waals surface area contributed by atoms with E-state index in [2.05, 4.69) is 44.3 Å². The molecule has 1 fully saturated rings. The number of amides is 1. The van der Waals surface area contributed by atoms with Crippen molar-refractivity contribution < 1.29 is 9.21 Å². The maximum absolute atomic E-state index is 12.7. The highest BCUT2D eigenvalue weighted by Gasteiger charge is 2.19. The Morgan fingerprint density at radius 1 is 1.19 bits per heavy atom. The van der Waals surface area contributed by atoms with E-state index >= 15 is 0 Å². The van der Waals surface area contributed by atoms with E-state index in [9.17, 15) is 4.79 Å². The van der Waals surface area contributed by atoms with Gasteiger partial charge in [0.1, 0.15) is 5.58 Å². The lowest BCUT2D eigenvalue weighted by Gasteiger charge is -2.21. The molecule has 4 nitrogen and oxygen atoms in total. The van der Waals surface area contributed by atoms with Gasteiger partial charge < -0.3 is 14.6 Å². The van der Waals surface area contributed by atoms with Crippen LogP contribution in [-0.4, -0.2) is 19.0 Å². The van der Waals surface area contributed by atoms with Crippen molar-refractivity contribution in [2.45, 2.75) is 26.3 Å². The van der Waals surface area contributed by atoms with Crippen LogP contribution in [0.15, 0.2) is 51.4 Å². The molecule has 1 aromatic heterocycles. The first-order valence-electron chi connectivity index (χ1n) is 8.93. The monoisotopic (exact) mass is 412 g/mol. The minimum atomic E-state index is -0.175. The molecule has 0 unspecified atom stereocenters. The topological polar surface area (TPSA) is 45.5 Å². The SMILES string of the molecule is Cc1c(C(=O)NCc2ccccc2N2CCCC2)oc2ccc(Br)cc12. The summed E-state index contributed by atoms with van der Waals surface area (Å²) in [5.41, 5.74) is 3.95. The van der Waals surface area contributed by atoms with Crippen LogP contribution in [0.2, 0.25) is 0 Å². The summed E-state index contributed by atoms with van der Waals surface area (Å²) < 4.78 is 6.76. The summed E-state index contributed by atoms with van der Waals surface area (Å²) in [5.74, 6) is 0.211. The molecule has 0 saturated carbocycles. The molecule has 2 aromatic carbocycles. The van der Waals surface area contributed by atoms with E-state index in [0.29, 0.717) is 12.3 Å². The van der Waals surface area contributed by atoms with Gasteiger partial charge in [0, 0.05) is 40.7 Å². The molecule has 0 bridgehead atoms. The van der Waals surface area contributed by atoms with Crippen LogP contribution in [0, 0.1) is 6.92 Å². The fourth-order valence-electron chi connectivity index (χ4n) is 3.59. The molecule has 4 rings (SSSR count). The van der Waals surface area contributed by atoms with E-state index in [-0.39, 0.29) is 5.91 Å². The molecular formula is C21H21BrN2O2. The van der Waals surface area contributed by atoms with E-state index < -0.39 is 0 Å². The van der Waals surface area contributed by atoms with Gasteiger partial charge in [-0.25, -0.2) is 0 Å². The average Bonchev–Trinajstić information content (AvgIpc) is 3.29. The van der Waals surface area contributed by atoms with Crippen LogP contribution in [0.5, 0.6) is 0 Å². The van der Waals surface area contributed by atoms with E-state index in [0.717, 1.165) is 39.7 Å². The molecule has 1 amide bonds. The predicted molar refractivity (Wildman–Crippen MR) is 108 cm³/mol. The Labute approximate surface area is 161 Å². The van der Waals surface area contributed by atoms with Crippen LogP contribution in [-0.2, 0) is 6.54 Å². The fourth-order valence-corrected chi connectivity index (χ4v) is 3.95. The highest BCUT2D eigenvalue weighted by atomic mass is 79.9. The second-order valence-corrected chi connectivity index (χ2v) is 7.62. The summed E-state index contributed by atoms with van der Waals surface area (Å²) in [6.45, 7) is 4.59. The maximum atomic E-state index is 12.7. The van der Waals surface area contributed by atoms with Gasteiger partial charge in [0.15, 0.2) is 5.76 Å². The lowest BCUT2D eigenvalue weighted by atomic mass is 10.1. The largest absolute Gasteiger partial charge is 0.451 e. The van der Waals surface area contributed by atoms with Crippen LogP contribution in [0.3, 0.4) is 0 Å². The Morgan fingerprint density at radius 3 is 2.77 bits per heavy atom. The van der Waals surface area contributed by atoms with Crippen LogP contribution in [0.25, 0.3) is 11.0 Å². The normalized spacial score (nSPS) is 14.2. The summed E-state index contributed by atoms with van der Waals surface area (Å²) in [4.78, 5) is 15.1. The lowest BCUT2D eigenvalue weighted by Crippen LogP contribution is -2.25. The first-order valence-corrected chi connectivity index (χ1v) is 9.72. The summed E-state index contributed by atoms with van der Waals surface area (Å²) in [6.07, 6.45) is 2.46. The van der Waals surface area contributed by atoms with Gasteiger partial charge in [-0.15, -0.1) is 0 Å². The quantitative estimate of drug-likeness (QED) is 0.652. The number of anilines is 1. The number of benzene rings is 2. The van der Waals surface area contributed by atoms with Gasteiger partial charge in [-0.05, 0) is 49.6 Å². The van der Waals surface area contributed by atoms with Crippen molar-refractivity contribution in [2.24, 2.45) is 0 Å². The zero-order valence-electron chi connectivity index (χ0n) is 14.7. The number of halogens is 1. The van der Waals surface area contributed by atoms with Gasteiger partial charge in [0.2, 0.25) is 0 Å². The van der Waals surface area contributed by atoms with E-state index in [1.165, 1.54) is 18.5 Å². The molecular weight excluding hydrogens is 392 g/mol. The Bertz CT molecular complexity index is 958. The van der Waals surface area contributed by atoms with Gasteiger partial charge in [-0.2, -0.15) is 0 Å². The zero-order valence-corrected chi connectivity index (χ0v) is 16.3. The third-order valence-corrected chi connectivity index (χ3v) is 5.48. The molecule has 1 aliphatic heterocycles. The Hall–Kier alpha value is -2.27. The minimum absolute atomic E-state index is 0.175. The number of nitrogens with one attached hydrogen (secondary N) is 1. The highest BCUT2D eigenvalue weighted by Crippen LogP contribution is 2.28. The number of hydrogen-bond donors (Lipinski definition) is 1. The van der Waals surface area contributed by atoms with Crippen LogP contribution >= 0.6 is 15.9 Å². The zero-order chi connectivity index (χ0) is 18.1. The minimum Gasteiger partial charge on any atom is -0.451 e. The van der Waals surface area contributed by atoms with Crippen LogP contribution in [0.1, 0.15) is 34.5 Å². The molecule has 1 aliphatic rings. The number of hydrogen-bond acceptors (Lipinski definition) is 3. The van der Waals surface area contributed by atoms with Crippen molar-refractivity contribution in [1.82, 2.24) is 5.32 Å². The standard InChI is InChI=1S/C21H21BrN2O2/c1-14-17-12-16(22)8-9-19(17)26-20(14)21(25)23-13-15-6-2-3-7-18(15)24-10-4-5-11-24/h2-3,6-9,12H,4-5,10-11,13H2,1H3,(H,23,25). The molecule has 134 valence electrons. The number of carbonyl (C=O) groups is 1. The second-order valence-electron chi connectivity index (χ2n) is 6.70. The molecule has 1 N–H and O–H groups in total. The van der Waals surface area contributed by atoms with Crippen molar-refractivity contribution in [1.29, 1.82) is 0 Å². The van der Waals surface area contributed by atoms with E-state index in [1.807, 2.05) is 31.2 Å². The summed E-state index contributed by atoms with van der Waals surface area (Å²) in [5, 5.41) is 3.98. The molecule has 1 saturated heterocycles. The Kier molecular flexibility index (Phi) is 4.72. The summed E-state index contributed by atoms with van der Waals surface area (Å²) >= 11 is 3.47. The van der Waals surface area contributed by atoms with Crippen LogP contribution < -0.4 is 10.2 Å². The van der Waals surface area contributed by atoms with Crippen LogP contribution in [0.4, 0.5) is 5.69 Å². The molecule has 5 heteroatoms. The number of rotatable bonds is 4.